The Balaban J connectivity index is 0.00000141. The lowest BCUT2D eigenvalue weighted by Gasteiger charge is -2.23. The van der Waals surface area contributed by atoms with Gasteiger partial charge in [0.1, 0.15) is 5.82 Å². The second-order valence-corrected chi connectivity index (χ2v) is 10.3. The molecule has 1 aromatic carbocycles. The van der Waals surface area contributed by atoms with Crippen LogP contribution in [-0.2, 0) is 11.0 Å². The number of halogens is 4. The highest BCUT2D eigenvalue weighted by atomic mass is 19.4. The summed E-state index contributed by atoms with van der Waals surface area (Å²) in [5, 5.41) is 16.1. The molecule has 14 heteroatoms. The van der Waals surface area contributed by atoms with E-state index in [9.17, 15) is 22.4 Å². The molecule has 2 atom stereocenters. The average Bonchev–Trinajstić information content (AvgIpc) is 3.69. The zero-order chi connectivity index (χ0) is 31.7. The van der Waals surface area contributed by atoms with Gasteiger partial charge in [0, 0.05) is 44.1 Å². The number of carboxylic acid groups (broad SMARTS) is 1. The van der Waals surface area contributed by atoms with Gasteiger partial charge in [0.05, 0.1) is 29.1 Å². The first kappa shape index (κ1) is 32.5. The molecule has 44 heavy (non-hydrogen) atoms. The molecule has 2 saturated heterocycles. The van der Waals surface area contributed by atoms with E-state index in [0.717, 1.165) is 25.1 Å². The van der Waals surface area contributed by atoms with Crippen LogP contribution in [0.4, 0.5) is 28.9 Å². The third kappa shape index (κ3) is 8.13. The molecule has 3 aromatic rings. The summed E-state index contributed by atoms with van der Waals surface area (Å²) in [6.07, 6.45) is -1.53. The molecule has 0 aliphatic carbocycles. The zero-order valence-corrected chi connectivity index (χ0v) is 24.0. The topological polar surface area (TPSA) is 129 Å². The van der Waals surface area contributed by atoms with E-state index in [2.05, 4.69) is 20.9 Å². The highest BCUT2D eigenvalue weighted by Crippen LogP contribution is 2.36. The summed E-state index contributed by atoms with van der Waals surface area (Å²) < 4.78 is 59.5. The van der Waals surface area contributed by atoms with Crippen molar-refractivity contribution in [2.24, 2.45) is 5.92 Å². The molecule has 1 amide bonds. The number of ether oxygens (including phenoxy) is 1. The van der Waals surface area contributed by atoms with Crippen LogP contribution in [0.2, 0.25) is 0 Å². The van der Waals surface area contributed by atoms with Crippen molar-refractivity contribution in [3.05, 3.63) is 65.7 Å². The van der Waals surface area contributed by atoms with Crippen molar-refractivity contribution in [1.29, 1.82) is 0 Å². The molecule has 4 heterocycles. The Kier molecular flexibility index (Phi) is 10.9. The number of rotatable bonds is 9. The minimum atomic E-state index is -4.67. The fourth-order valence-corrected chi connectivity index (χ4v) is 5.27. The lowest BCUT2D eigenvalue weighted by Crippen LogP contribution is -2.37. The van der Waals surface area contributed by atoms with E-state index in [1.807, 2.05) is 30.0 Å². The summed E-state index contributed by atoms with van der Waals surface area (Å²) in [4.78, 5) is 33.0. The van der Waals surface area contributed by atoms with Gasteiger partial charge in [-0.25, -0.2) is 14.4 Å². The summed E-state index contributed by atoms with van der Waals surface area (Å²) in [5.41, 5.74) is 0.949. The second-order valence-electron chi connectivity index (χ2n) is 10.3. The van der Waals surface area contributed by atoms with Crippen molar-refractivity contribution in [1.82, 2.24) is 20.6 Å². The maximum atomic E-state index is 13.5. The van der Waals surface area contributed by atoms with Crippen LogP contribution in [-0.4, -0.2) is 72.8 Å². The van der Waals surface area contributed by atoms with Crippen LogP contribution < -0.4 is 25.6 Å². The molecule has 2 aliphatic heterocycles. The molecule has 0 radical (unpaired) electrons. The summed E-state index contributed by atoms with van der Waals surface area (Å²) in [6.45, 7) is 4.92. The van der Waals surface area contributed by atoms with Crippen LogP contribution in [0, 0.1) is 11.7 Å². The molecule has 1 unspecified atom stereocenters. The van der Waals surface area contributed by atoms with Crippen molar-refractivity contribution in [2.75, 3.05) is 49.5 Å². The molecular formula is C30H34F4N6O4. The van der Waals surface area contributed by atoms with E-state index in [1.54, 1.807) is 12.3 Å². The van der Waals surface area contributed by atoms with E-state index in [0.29, 0.717) is 61.6 Å². The highest BCUT2D eigenvalue weighted by Gasteiger charge is 2.35. The minimum absolute atomic E-state index is 0.00126. The predicted octanol–water partition coefficient (Wildman–Crippen LogP) is 4.43. The van der Waals surface area contributed by atoms with Gasteiger partial charge < -0.3 is 30.7 Å². The first-order chi connectivity index (χ1) is 21.1. The van der Waals surface area contributed by atoms with Gasteiger partial charge in [-0.05, 0) is 74.7 Å². The molecular weight excluding hydrogens is 584 g/mol. The van der Waals surface area contributed by atoms with Crippen LogP contribution in [0.3, 0.4) is 0 Å². The maximum Gasteiger partial charge on any atom is 0.418 e. The van der Waals surface area contributed by atoms with Gasteiger partial charge in [0.2, 0.25) is 5.88 Å². The Morgan fingerprint density at radius 1 is 1.23 bits per heavy atom. The average molecular weight is 619 g/mol. The Morgan fingerprint density at radius 2 is 2.02 bits per heavy atom. The Labute approximate surface area is 251 Å². The Hall–Kier alpha value is -4.46. The van der Waals surface area contributed by atoms with Gasteiger partial charge in [0.15, 0.2) is 5.69 Å². The molecule has 0 bridgehead atoms. The smallest absolute Gasteiger partial charge is 0.418 e. The van der Waals surface area contributed by atoms with E-state index >= 15 is 0 Å². The van der Waals surface area contributed by atoms with Gasteiger partial charge in [-0.1, -0.05) is 0 Å². The van der Waals surface area contributed by atoms with Crippen LogP contribution >= 0.6 is 0 Å². The van der Waals surface area contributed by atoms with Crippen molar-refractivity contribution >= 4 is 23.8 Å². The van der Waals surface area contributed by atoms with E-state index < -0.39 is 17.6 Å². The minimum Gasteiger partial charge on any atom is -0.483 e. The fraction of sp³-hybridized carbons (Fsp3) is 0.400. The molecule has 236 valence electrons. The van der Waals surface area contributed by atoms with Gasteiger partial charge in [-0.3, -0.25) is 9.59 Å². The normalized spacial score (nSPS) is 17.9. The summed E-state index contributed by atoms with van der Waals surface area (Å²) in [5.74, 6) is -0.809. The van der Waals surface area contributed by atoms with Crippen molar-refractivity contribution < 1.29 is 37.0 Å². The van der Waals surface area contributed by atoms with Gasteiger partial charge in [-0.2, -0.15) is 13.2 Å². The van der Waals surface area contributed by atoms with Gasteiger partial charge in [0.25, 0.3) is 12.4 Å². The number of hydrogen-bond acceptors (Lipinski definition) is 8. The van der Waals surface area contributed by atoms with Gasteiger partial charge in [-0.15, -0.1) is 0 Å². The summed E-state index contributed by atoms with van der Waals surface area (Å²) >= 11 is 0. The molecule has 0 saturated carbocycles. The molecule has 2 aliphatic rings. The van der Waals surface area contributed by atoms with Crippen LogP contribution in [0.15, 0.2) is 48.7 Å². The van der Waals surface area contributed by atoms with Crippen LogP contribution in [0.25, 0.3) is 11.3 Å². The van der Waals surface area contributed by atoms with Crippen LogP contribution in [0.5, 0.6) is 5.88 Å². The van der Waals surface area contributed by atoms with Crippen molar-refractivity contribution in [3.8, 4) is 17.1 Å². The Morgan fingerprint density at radius 3 is 2.73 bits per heavy atom. The number of anilines is 2. The number of nitrogens with zero attached hydrogens (tertiary/aromatic N) is 3. The van der Waals surface area contributed by atoms with Crippen LogP contribution in [0.1, 0.15) is 35.8 Å². The number of hydrogen-bond donors (Lipinski definition) is 4. The molecule has 2 aromatic heterocycles. The number of pyridine rings is 2. The lowest BCUT2D eigenvalue weighted by atomic mass is 10.1. The standard InChI is InChI=1S/C29H32F4N6O2.CH2O2/c1-2-41-28-21(4-3-11-35-28)23-7-8-25(26(38-23)27(40)37-20-9-12-34-16-20)39-13-10-18(17-39)15-36-24-6-5-19(30)14-22(24)29(31,32)33;2-1-3/h3-8,11,14,18,20,34,36H,2,9-10,12-13,15-17H2,1H3,(H,37,40);1H,(H,2,3)/t18?,20-;/m1./s1. The van der Waals surface area contributed by atoms with E-state index in [1.165, 1.54) is 0 Å². The highest BCUT2D eigenvalue weighted by molar-refractivity contribution is 5.99. The number of carbonyl (C=O) groups is 2. The third-order valence-electron chi connectivity index (χ3n) is 7.31. The number of carbonyl (C=O) groups excluding carboxylic acids is 1. The summed E-state index contributed by atoms with van der Waals surface area (Å²) in [7, 11) is 0. The third-order valence-corrected chi connectivity index (χ3v) is 7.31. The Bertz CT molecular complexity index is 1430. The maximum absolute atomic E-state index is 13.5. The van der Waals surface area contributed by atoms with Gasteiger partial charge >= 0.3 is 6.18 Å². The largest absolute Gasteiger partial charge is 0.483 e. The number of aromatic nitrogens is 2. The van der Waals surface area contributed by atoms with Crippen molar-refractivity contribution in [3.63, 3.8) is 0 Å². The molecule has 10 nitrogen and oxygen atoms in total. The fourth-order valence-electron chi connectivity index (χ4n) is 5.27. The number of amides is 1. The molecule has 4 N–H and O–H groups in total. The zero-order valence-electron chi connectivity index (χ0n) is 24.0. The van der Waals surface area contributed by atoms with Crippen molar-refractivity contribution in [2.45, 2.75) is 32.0 Å². The number of benzene rings is 1. The molecule has 5 rings (SSSR count). The first-order valence-corrected chi connectivity index (χ1v) is 14.2. The number of nitrogens with one attached hydrogen (secondary N) is 3. The number of alkyl halides is 3. The van der Waals surface area contributed by atoms with E-state index in [-0.39, 0.29) is 42.3 Å². The lowest BCUT2D eigenvalue weighted by molar-refractivity contribution is -0.137. The molecule has 2 fully saturated rings. The predicted molar refractivity (Wildman–Crippen MR) is 156 cm³/mol. The quantitative estimate of drug-likeness (QED) is 0.203. The monoisotopic (exact) mass is 618 g/mol. The van der Waals surface area contributed by atoms with E-state index in [4.69, 9.17) is 19.6 Å². The SMILES string of the molecule is CCOc1ncccc1-c1ccc(N2CCC(CNc3ccc(F)cc3C(F)(F)F)C2)c(C(=O)N[C@@H]2CCNC2)n1.O=CO. The molecule has 0 spiro atoms. The summed E-state index contributed by atoms with van der Waals surface area (Å²) in [6, 6.07) is 9.91. The second kappa shape index (κ2) is 14.8. The first-order valence-electron chi connectivity index (χ1n) is 14.2.